The van der Waals surface area contributed by atoms with Crippen molar-refractivity contribution in [2.75, 3.05) is 26.4 Å². The van der Waals surface area contributed by atoms with Crippen molar-refractivity contribution in [3.63, 3.8) is 0 Å². The van der Waals surface area contributed by atoms with E-state index < -0.39 is 6.10 Å². The standard InChI is InChI=1S/C19H25NO3S/c1-2-23-17-6-3-5-15(11-17)13-20-8-9-22-14-16(20)12-18(21)19-7-4-10-24-19/h3-7,10-11,16,18,21H,2,8-9,12-14H2,1H3. The second kappa shape index (κ2) is 8.62. The fourth-order valence-corrected chi connectivity index (χ4v) is 3.83. The molecule has 1 aliphatic heterocycles. The predicted octanol–water partition coefficient (Wildman–Crippen LogP) is 3.47. The first-order valence-corrected chi connectivity index (χ1v) is 9.39. The monoisotopic (exact) mass is 347 g/mol. The average Bonchev–Trinajstić information content (AvgIpc) is 3.12. The number of benzene rings is 1. The van der Waals surface area contributed by atoms with Crippen LogP contribution in [0.25, 0.3) is 0 Å². The van der Waals surface area contributed by atoms with E-state index in [9.17, 15) is 5.11 Å². The molecule has 0 bridgehead atoms. The third-order valence-corrected chi connectivity index (χ3v) is 5.29. The highest BCUT2D eigenvalue weighted by molar-refractivity contribution is 7.10. The zero-order valence-corrected chi connectivity index (χ0v) is 14.9. The van der Waals surface area contributed by atoms with E-state index in [0.29, 0.717) is 19.6 Å². The number of aliphatic hydroxyl groups is 1. The fraction of sp³-hybridized carbons (Fsp3) is 0.474. The van der Waals surface area contributed by atoms with Crippen molar-refractivity contribution in [2.45, 2.75) is 32.0 Å². The number of hydrogen-bond acceptors (Lipinski definition) is 5. The summed E-state index contributed by atoms with van der Waals surface area (Å²) in [5.74, 6) is 0.915. The lowest BCUT2D eigenvalue weighted by molar-refractivity contribution is -0.0296. The van der Waals surface area contributed by atoms with Gasteiger partial charge in [-0.25, -0.2) is 0 Å². The zero-order valence-electron chi connectivity index (χ0n) is 14.1. The van der Waals surface area contributed by atoms with Crippen LogP contribution < -0.4 is 4.74 Å². The number of aliphatic hydroxyl groups excluding tert-OH is 1. The average molecular weight is 347 g/mol. The van der Waals surface area contributed by atoms with Crippen LogP contribution in [0.2, 0.25) is 0 Å². The number of nitrogens with zero attached hydrogens (tertiary/aromatic N) is 1. The van der Waals surface area contributed by atoms with Crippen LogP contribution in [0.3, 0.4) is 0 Å². The van der Waals surface area contributed by atoms with Crippen molar-refractivity contribution in [1.82, 2.24) is 4.90 Å². The van der Waals surface area contributed by atoms with E-state index in [0.717, 1.165) is 30.3 Å². The molecular weight excluding hydrogens is 322 g/mol. The molecule has 2 heterocycles. The van der Waals surface area contributed by atoms with Gasteiger partial charge in [0.2, 0.25) is 0 Å². The number of hydrogen-bond donors (Lipinski definition) is 1. The van der Waals surface area contributed by atoms with E-state index in [1.807, 2.05) is 36.6 Å². The zero-order chi connectivity index (χ0) is 16.8. The topological polar surface area (TPSA) is 41.9 Å². The molecule has 0 spiro atoms. The van der Waals surface area contributed by atoms with E-state index in [2.05, 4.69) is 17.0 Å². The van der Waals surface area contributed by atoms with Gasteiger partial charge >= 0.3 is 0 Å². The number of ether oxygens (including phenoxy) is 2. The molecule has 4 nitrogen and oxygen atoms in total. The smallest absolute Gasteiger partial charge is 0.119 e. The molecule has 1 aromatic heterocycles. The quantitative estimate of drug-likeness (QED) is 0.833. The number of thiophene rings is 1. The number of rotatable bonds is 7. The summed E-state index contributed by atoms with van der Waals surface area (Å²) >= 11 is 1.61. The summed E-state index contributed by atoms with van der Waals surface area (Å²) in [6.45, 7) is 5.84. The van der Waals surface area contributed by atoms with Gasteiger partial charge in [-0.1, -0.05) is 18.2 Å². The molecule has 2 unspecified atom stereocenters. The third-order valence-electron chi connectivity index (χ3n) is 4.31. The summed E-state index contributed by atoms with van der Waals surface area (Å²) in [5.41, 5.74) is 1.23. The van der Waals surface area contributed by atoms with Crippen LogP contribution in [-0.2, 0) is 11.3 Å². The van der Waals surface area contributed by atoms with Crippen LogP contribution in [0.1, 0.15) is 29.9 Å². The molecule has 130 valence electrons. The van der Waals surface area contributed by atoms with Gasteiger partial charge < -0.3 is 14.6 Å². The van der Waals surface area contributed by atoms with Crippen molar-refractivity contribution in [2.24, 2.45) is 0 Å². The Bertz CT molecular complexity index is 617. The van der Waals surface area contributed by atoms with Crippen LogP contribution in [-0.4, -0.2) is 42.4 Å². The molecule has 0 aliphatic carbocycles. The molecule has 1 saturated heterocycles. The van der Waals surface area contributed by atoms with Crippen LogP contribution in [0.5, 0.6) is 5.75 Å². The molecule has 2 atom stereocenters. The van der Waals surface area contributed by atoms with Gasteiger partial charge in [0, 0.05) is 24.0 Å². The van der Waals surface area contributed by atoms with Gasteiger partial charge in [0.05, 0.1) is 25.9 Å². The molecule has 1 fully saturated rings. The van der Waals surface area contributed by atoms with Crippen molar-refractivity contribution in [3.8, 4) is 5.75 Å². The lowest BCUT2D eigenvalue weighted by atomic mass is 10.0. The van der Waals surface area contributed by atoms with Crippen LogP contribution >= 0.6 is 11.3 Å². The van der Waals surface area contributed by atoms with Gasteiger partial charge in [-0.05, 0) is 42.5 Å². The Morgan fingerprint density at radius 2 is 2.29 bits per heavy atom. The van der Waals surface area contributed by atoms with E-state index in [1.165, 1.54) is 5.56 Å². The van der Waals surface area contributed by atoms with Crippen molar-refractivity contribution in [1.29, 1.82) is 0 Å². The Hall–Kier alpha value is -1.40. The van der Waals surface area contributed by atoms with Gasteiger partial charge in [0.15, 0.2) is 0 Å². The largest absolute Gasteiger partial charge is 0.494 e. The third kappa shape index (κ3) is 4.57. The van der Waals surface area contributed by atoms with Crippen LogP contribution in [0.15, 0.2) is 41.8 Å². The predicted molar refractivity (Wildman–Crippen MR) is 96.5 cm³/mol. The second-order valence-electron chi connectivity index (χ2n) is 6.05. The summed E-state index contributed by atoms with van der Waals surface area (Å²) in [6, 6.07) is 12.5. The first-order chi connectivity index (χ1) is 11.8. The highest BCUT2D eigenvalue weighted by Crippen LogP contribution is 2.27. The van der Waals surface area contributed by atoms with E-state index in [1.54, 1.807) is 11.3 Å². The van der Waals surface area contributed by atoms with Crippen molar-refractivity contribution in [3.05, 3.63) is 52.2 Å². The summed E-state index contributed by atoms with van der Waals surface area (Å²) in [4.78, 5) is 3.43. The van der Waals surface area contributed by atoms with Crippen LogP contribution in [0.4, 0.5) is 0 Å². The van der Waals surface area contributed by atoms with Gasteiger partial charge in [0.1, 0.15) is 5.75 Å². The Morgan fingerprint density at radius 3 is 3.08 bits per heavy atom. The Labute approximate surface area is 147 Å². The molecule has 24 heavy (non-hydrogen) atoms. The lowest BCUT2D eigenvalue weighted by Gasteiger charge is -2.36. The Morgan fingerprint density at radius 1 is 1.38 bits per heavy atom. The highest BCUT2D eigenvalue weighted by Gasteiger charge is 2.26. The van der Waals surface area contributed by atoms with E-state index in [4.69, 9.17) is 9.47 Å². The minimum absolute atomic E-state index is 0.228. The summed E-state index contributed by atoms with van der Waals surface area (Å²) in [7, 11) is 0. The molecule has 0 saturated carbocycles. The van der Waals surface area contributed by atoms with Gasteiger partial charge in [-0.15, -0.1) is 11.3 Å². The molecule has 0 radical (unpaired) electrons. The minimum Gasteiger partial charge on any atom is -0.494 e. The molecule has 1 aliphatic rings. The molecule has 0 amide bonds. The maximum atomic E-state index is 10.5. The van der Waals surface area contributed by atoms with E-state index >= 15 is 0 Å². The summed E-state index contributed by atoms with van der Waals surface area (Å²) < 4.78 is 11.3. The first kappa shape index (κ1) is 17.4. The maximum absolute atomic E-state index is 10.5. The first-order valence-electron chi connectivity index (χ1n) is 8.51. The lowest BCUT2D eigenvalue weighted by Crippen LogP contribution is -2.45. The van der Waals surface area contributed by atoms with Crippen LogP contribution in [0, 0.1) is 0 Å². The van der Waals surface area contributed by atoms with Gasteiger partial charge in [0.25, 0.3) is 0 Å². The normalized spacial score (nSPS) is 20.0. The second-order valence-corrected chi connectivity index (χ2v) is 7.03. The van der Waals surface area contributed by atoms with Gasteiger partial charge in [-0.2, -0.15) is 0 Å². The SMILES string of the molecule is CCOc1cccc(CN2CCOCC2CC(O)c2cccs2)c1. The minimum atomic E-state index is -0.422. The highest BCUT2D eigenvalue weighted by atomic mass is 32.1. The Balaban J connectivity index is 1.65. The molecule has 5 heteroatoms. The molecule has 1 N–H and O–H groups in total. The van der Waals surface area contributed by atoms with E-state index in [-0.39, 0.29) is 6.04 Å². The fourth-order valence-electron chi connectivity index (χ4n) is 3.10. The Kier molecular flexibility index (Phi) is 6.26. The number of morpholine rings is 1. The maximum Gasteiger partial charge on any atom is 0.119 e. The molecule has 2 aromatic rings. The molecular formula is C19H25NO3S. The summed E-state index contributed by atoms with van der Waals surface area (Å²) in [5, 5.41) is 12.5. The van der Waals surface area contributed by atoms with Gasteiger partial charge in [-0.3, -0.25) is 4.90 Å². The molecule has 1 aromatic carbocycles. The molecule has 3 rings (SSSR count). The summed E-state index contributed by atoms with van der Waals surface area (Å²) in [6.07, 6.45) is 0.278. The van der Waals surface area contributed by atoms with Crippen molar-refractivity contribution < 1.29 is 14.6 Å². The van der Waals surface area contributed by atoms with Crippen molar-refractivity contribution >= 4 is 11.3 Å².